The van der Waals surface area contributed by atoms with Crippen molar-refractivity contribution in [2.45, 2.75) is 18.9 Å². The van der Waals surface area contributed by atoms with Gasteiger partial charge in [-0.3, -0.25) is 14.7 Å². The fourth-order valence-electron chi connectivity index (χ4n) is 3.60. The molecule has 0 bridgehead atoms. The van der Waals surface area contributed by atoms with Crippen molar-refractivity contribution < 1.29 is 9.59 Å². The average molecular weight is 354 g/mol. The van der Waals surface area contributed by atoms with Gasteiger partial charge in [-0.15, -0.1) is 0 Å². The summed E-state index contributed by atoms with van der Waals surface area (Å²) in [5.41, 5.74) is 1.44. The molecular weight excluding hydrogens is 332 g/mol. The van der Waals surface area contributed by atoms with Crippen LogP contribution in [0.2, 0.25) is 0 Å². The maximum absolute atomic E-state index is 13.0. The number of likely N-dealkylation sites (tertiary alicyclic amines) is 1. The van der Waals surface area contributed by atoms with Gasteiger partial charge < -0.3 is 15.1 Å². The molecule has 3 heterocycles. The summed E-state index contributed by atoms with van der Waals surface area (Å²) in [4.78, 5) is 33.5. The molecule has 1 aromatic carbocycles. The molecule has 26 heavy (non-hydrogen) atoms. The number of carbonyl (C=O) groups is 2. The van der Waals surface area contributed by atoms with Crippen LogP contribution in [0, 0.1) is 0 Å². The first kappa shape index (κ1) is 16.7. The van der Waals surface area contributed by atoms with Crippen molar-refractivity contribution in [1.82, 2.24) is 30.3 Å². The van der Waals surface area contributed by atoms with Crippen LogP contribution >= 0.6 is 0 Å². The van der Waals surface area contributed by atoms with Gasteiger partial charge >= 0.3 is 0 Å². The molecule has 0 radical (unpaired) electrons. The topological polar surface area (TPSA) is 94.2 Å². The van der Waals surface area contributed by atoms with E-state index in [1.165, 1.54) is 6.33 Å². The number of hydrogen-bond acceptors (Lipinski definition) is 5. The first-order chi connectivity index (χ1) is 12.7. The fraction of sp³-hybridized carbons (Fsp3) is 0.444. The van der Waals surface area contributed by atoms with Gasteiger partial charge in [-0.05, 0) is 25.0 Å². The minimum Gasteiger partial charge on any atom is -0.341 e. The molecule has 2 saturated heterocycles. The van der Waals surface area contributed by atoms with E-state index >= 15 is 0 Å². The normalized spacial score (nSPS) is 20.4. The van der Waals surface area contributed by atoms with Gasteiger partial charge in [-0.2, -0.15) is 5.10 Å². The van der Waals surface area contributed by atoms with Gasteiger partial charge in [-0.25, -0.2) is 4.98 Å². The first-order valence-electron chi connectivity index (χ1n) is 9.00. The van der Waals surface area contributed by atoms with Crippen LogP contribution < -0.4 is 5.32 Å². The highest BCUT2D eigenvalue weighted by atomic mass is 16.2. The van der Waals surface area contributed by atoms with E-state index in [9.17, 15) is 9.59 Å². The van der Waals surface area contributed by atoms with Crippen LogP contribution in [-0.2, 0) is 4.79 Å². The van der Waals surface area contributed by atoms with Gasteiger partial charge in [0.15, 0.2) is 5.82 Å². The molecule has 1 aromatic heterocycles. The summed E-state index contributed by atoms with van der Waals surface area (Å²) in [5.74, 6) is 0.614. The highest BCUT2D eigenvalue weighted by molar-refractivity contribution is 5.98. The van der Waals surface area contributed by atoms with Crippen molar-refractivity contribution in [2.24, 2.45) is 0 Å². The molecule has 8 heteroatoms. The standard InChI is InChI=1S/C18H22N6O2/c25-17(14-5-3-13(4-6-14)16-20-12-21-22-16)24-10-7-19-11-15(24)18(26)23-8-1-2-9-23/h3-6,12,15,19H,1-2,7-11H2,(H,20,21,22)/t15-/m0/s1. The lowest BCUT2D eigenvalue weighted by Crippen LogP contribution is -2.59. The van der Waals surface area contributed by atoms with Crippen LogP contribution in [0.1, 0.15) is 23.2 Å². The Balaban J connectivity index is 1.52. The van der Waals surface area contributed by atoms with Crippen LogP contribution in [-0.4, -0.2) is 75.6 Å². The van der Waals surface area contributed by atoms with Crippen molar-refractivity contribution in [1.29, 1.82) is 0 Å². The van der Waals surface area contributed by atoms with E-state index in [1.807, 2.05) is 17.0 Å². The zero-order valence-corrected chi connectivity index (χ0v) is 14.5. The smallest absolute Gasteiger partial charge is 0.254 e. The van der Waals surface area contributed by atoms with Crippen molar-refractivity contribution in [3.8, 4) is 11.4 Å². The van der Waals surface area contributed by atoms with Gasteiger partial charge in [0.05, 0.1) is 0 Å². The Morgan fingerprint density at radius 2 is 1.85 bits per heavy atom. The molecule has 0 aliphatic carbocycles. The zero-order valence-electron chi connectivity index (χ0n) is 14.5. The van der Waals surface area contributed by atoms with Crippen LogP contribution in [0.5, 0.6) is 0 Å². The second kappa shape index (κ2) is 7.25. The first-order valence-corrected chi connectivity index (χ1v) is 9.00. The van der Waals surface area contributed by atoms with E-state index in [-0.39, 0.29) is 11.8 Å². The second-order valence-electron chi connectivity index (χ2n) is 6.66. The Labute approximate surface area is 151 Å². The van der Waals surface area contributed by atoms with E-state index in [1.54, 1.807) is 17.0 Å². The molecule has 1 atom stereocenters. The molecule has 0 saturated carbocycles. The highest BCUT2D eigenvalue weighted by Gasteiger charge is 2.35. The Bertz CT molecular complexity index is 767. The average Bonchev–Trinajstić information content (AvgIpc) is 3.41. The van der Waals surface area contributed by atoms with E-state index < -0.39 is 6.04 Å². The third kappa shape index (κ3) is 3.20. The molecule has 8 nitrogen and oxygen atoms in total. The predicted molar refractivity (Wildman–Crippen MR) is 95.3 cm³/mol. The molecule has 2 aromatic rings. The molecule has 0 unspecified atom stereocenters. The molecular formula is C18H22N6O2. The number of piperazine rings is 1. The van der Waals surface area contributed by atoms with Crippen molar-refractivity contribution in [3.05, 3.63) is 36.2 Å². The minimum atomic E-state index is -0.427. The third-order valence-electron chi connectivity index (χ3n) is 5.03. The van der Waals surface area contributed by atoms with Crippen LogP contribution in [0.15, 0.2) is 30.6 Å². The van der Waals surface area contributed by atoms with Gasteiger partial charge in [-0.1, -0.05) is 12.1 Å². The third-order valence-corrected chi connectivity index (χ3v) is 5.03. The van der Waals surface area contributed by atoms with E-state index in [4.69, 9.17) is 0 Å². The molecule has 0 spiro atoms. The number of rotatable bonds is 3. The number of aromatic amines is 1. The fourth-order valence-corrected chi connectivity index (χ4v) is 3.60. The van der Waals surface area contributed by atoms with Crippen LogP contribution in [0.3, 0.4) is 0 Å². The SMILES string of the molecule is O=C([C@@H]1CNCCN1C(=O)c1ccc(-c2ncn[nH]2)cc1)N1CCCC1. The molecule has 2 aliphatic rings. The largest absolute Gasteiger partial charge is 0.341 e. The Morgan fingerprint density at radius 1 is 1.08 bits per heavy atom. The highest BCUT2D eigenvalue weighted by Crippen LogP contribution is 2.19. The number of hydrogen-bond donors (Lipinski definition) is 2. The van der Waals surface area contributed by atoms with Gasteiger partial charge in [0.1, 0.15) is 12.4 Å². The molecule has 2 N–H and O–H groups in total. The maximum atomic E-state index is 13.0. The van der Waals surface area contributed by atoms with E-state index in [0.29, 0.717) is 31.0 Å². The minimum absolute atomic E-state index is 0.0568. The van der Waals surface area contributed by atoms with Gasteiger partial charge in [0.2, 0.25) is 5.91 Å². The van der Waals surface area contributed by atoms with Crippen molar-refractivity contribution in [2.75, 3.05) is 32.7 Å². The van der Waals surface area contributed by atoms with Crippen molar-refractivity contribution in [3.63, 3.8) is 0 Å². The summed E-state index contributed by atoms with van der Waals surface area (Å²) in [6.45, 7) is 3.34. The van der Waals surface area contributed by atoms with Crippen molar-refractivity contribution >= 4 is 11.8 Å². The second-order valence-corrected chi connectivity index (χ2v) is 6.66. The predicted octanol–water partition coefficient (Wildman–Crippen LogP) is 0.508. The molecule has 2 fully saturated rings. The van der Waals surface area contributed by atoms with Crippen LogP contribution in [0.25, 0.3) is 11.4 Å². The van der Waals surface area contributed by atoms with Crippen LogP contribution in [0.4, 0.5) is 0 Å². The summed E-state index contributed by atoms with van der Waals surface area (Å²) in [5, 5.41) is 9.88. The summed E-state index contributed by atoms with van der Waals surface area (Å²) in [6, 6.07) is 6.81. The molecule has 2 amide bonds. The number of nitrogens with one attached hydrogen (secondary N) is 2. The number of amides is 2. The lowest BCUT2D eigenvalue weighted by Gasteiger charge is -2.37. The summed E-state index contributed by atoms with van der Waals surface area (Å²) in [7, 11) is 0. The number of aromatic nitrogens is 3. The Hall–Kier alpha value is -2.74. The number of carbonyl (C=O) groups excluding carboxylic acids is 2. The maximum Gasteiger partial charge on any atom is 0.254 e. The Kier molecular flexibility index (Phi) is 4.66. The summed E-state index contributed by atoms with van der Waals surface area (Å²) >= 11 is 0. The molecule has 2 aliphatic heterocycles. The monoisotopic (exact) mass is 354 g/mol. The van der Waals surface area contributed by atoms with E-state index in [0.717, 1.165) is 31.5 Å². The quantitative estimate of drug-likeness (QED) is 0.837. The van der Waals surface area contributed by atoms with Gasteiger partial charge in [0.25, 0.3) is 5.91 Å². The van der Waals surface area contributed by atoms with E-state index in [2.05, 4.69) is 20.5 Å². The zero-order chi connectivity index (χ0) is 17.9. The lowest BCUT2D eigenvalue weighted by molar-refractivity contribution is -0.135. The molecule has 136 valence electrons. The molecule has 4 rings (SSSR count). The number of H-pyrrole nitrogens is 1. The van der Waals surface area contributed by atoms with Gasteiger partial charge in [0, 0.05) is 43.9 Å². The number of nitrogens with zero attached hydrogens (tertiary/aromatic N) is 4. The lowest BCUT2D eigenvalue weighted by atomic mass is 10.1. The number of benzene rings is 1. The summed E-state index contributed by atoms with van der Waals surface area (Å²) in [6.07, 6.45) is 3.54. The summed E-state index contributed by atoms with van der Waals surface area (Å²) < 4.78 is 0. The Morgan fingerprint density at radius 3 is 2.54 bits per heavy atom.